The average molecular weight is 265 g/mol. The Hall–Kier alpha value is -0.590. The molecular formula is C18H35N. The zero-order valence-electron chi connectivity index (χ0n) is 14.5. The second-order valence-corrected chi connectivity index (χ2v) is 6.67. The van der Waals surface area contributed by atoms with Crippen molar-refractivity contribution in [3.63, 3.8) is 0 Å². The Morgan fingerprint density at radius 2 is 1.74 bits per heavy atom. The molecule has 0 heterocycles. The predicted octanol–water partition coefficient (Wildman–Crippen LogP) is 6.04. The molecule has 0 aliphatic carbocycles. The number of rotatable bonds is 8. The van der Waals surface area contributed by atoms with Gasteiger partial charge in [-0.25, -0.2) is 0 Å². The fraction of sp³-hybridized carbons (Fsp3) is 0.833. The maximum Gasteiger partial charge on any atom is 0.0613 e. The Balaban J connectivity index is 5.17. The number of unbranched alkanes of at least 4 members (excludes halogenated alkanes) is 1. The normalized spacial score (nSPS) is 16.1. The molecule has 0 amide bonds. The van der Waals surface area contributed by atoms with Crippen LogP contribution in [0.1, 0.15) is 81.1 Å². The lowest BCUT2D eigenvalue weighted by atomic mass is 9.81. The summed E-state index contributed by atoms with van der Waals surface area (Å²) in [6, 6.07) is 0. The lowest BCUT2D eigenvalue weighted by Gasteiger charge is -2.30. The Bertz CT molecular complexity index is 308. The van der Waals surface area contributed by atoms with E-state index in [2.05, 4.69) is 61.5 Å². The summed E-state index contributed by atoms with van der Waals surface area (Å²) >= 11 is 0. The maximum absolute atomic E-state index is 4.97. The average Bonchev–Trinajstić information content (AvgIpc) is 2.32. The van der Waals surface area contributed by atoms with Crippen LogP contribution >= 0.6 is 0 Å². The highest BCUT2D eigenvalue weighted by Crippen LogP contribution is 2.30. The van der Waals surface area contributed by atoms with Crippen LogP contribution in [0.15, 0.2) is 16.6 Å². The highest BCUT2D eigenvalue weighted by molar-refractivity contribution is 5.82. The molecule has 112 valence electrons. The van der Waals surface area contributed by atoms with Crippen molar-refractivity contribution in [2.24, 2.45) is 16.8 Å². The van der Waals surface area contributed by atoms with E-state index >= 15 is 0 Å². The van der Waals surface area contributed by atoms with Gasteiger partial charge in [0.1, 0.15) is 0 Å². The van der Waals surface area contributed by atoms with E-state index in [1.54, 1.807) is 0 Å². The SMILES string of the molecule is CCCC[C@H](/C=C(/C)C(C)C)C(C)(C)/N=C(/C)CC. The van der Waals surface area contributed by atoms with Gasteiger partial charge in [0.25, 0.3) is 0 Å². The van der Waals surface area contributed by atoms with Gasteiger partial charge >= 0.3 is 0 Å². The van der Waals surface area contributed by atoms with Crippen molar-refractivity contribution in [2.45, 2.75) is 86.6 Å². The van der Waals surface area contributed by atoms with E-state index < -0.39 is 0 Å². The van der Waals surface area contributed by atoms with Gasteiger partial charge in [-0.15, -0.1) is 0 Å². The second-order valence-electron chi connectivity index (χ2n) is 6.67. The number of nitrogens with zero attached hydrogens (tertiary/aromatic N) is 1. The molecule has 0 aromatic heterocycles. The minimum Gasteiger partial charge on any atom is -0.288 e. The molecule has 0 aromatic carbocycles. The van der Waals surface area contributed by atoms with Crippen molar-refractivity contribution < 1.29 is 0 Å². The summed E-state index contributed by atoms with van der Waals surface area (Å²) in [4.78, 5) is 4.97. The van der Waals surface area contributed by atoms with Crippen LogP contribution in [0.2, 0.25) is 0 Å². The summed E-state index contributed by atoms with van der Waals surface area (Å²) in [5.41, 5.74) is 2.78. The van der Waals surface area contributed by atoms with Crippen LogP contribution in [0.4, 0.5) is 0 Å². The fourth-order valence-electron chi connectivity index (χ4n) is 2.23. The van der Waals surface area contributed by atoms with E-state index in [0.29, 0.717) is 11.8 Å². The summed E-state index contributed by atoms with van der Waals surface area (Å²) in [5.74, 6) is 1.19. The molecule has 0 aromatic rings. The van der Waals surface area contributed by atoms with Crippen molar-refractivity contribution in [3.8, 4) is 0 Å². The minimum atomic E-state index is 0.0193. The van der Waals surface area contributed by atoms with Crippen molar-refractivity contribution in [2.75, 3.05) is 0 Å². The first-order chi connectivity index (χ1) is 8.74. The van der Waals surface area contributed by atoms with Gasteiger partial charge in [-0.05, 0) is 46.5 Å². The molecule has 0 rings (SSSR count). The van der Waals surface area contributed by atoms with Crippen LogP contribution in [0.5, 0.6) is 0 Å². The first kappa shape index (κ1) is 18.4. The minimum absolute atomic E-state index is 0.0193. The summed E-state index contributed by atoms with van der Waals surface area (Å²) in [6.45, 7) is 18.0. The van der Waals surface area contributed by atoms with Gasteiger partial charge in [0.15, 0.2) is 0 Å². The monoisotopic (exact) mass is 265 g/mol. The van der Waals surface area contributed by atoms with Gasteiger partial charge in [0.05, 0.1) is 5.54 Å². The van der Waals surface area contributed by atoms with Crippen LogP contribution in [0, 0.1) is 11.8 Å². The van der Waals surface area contributed by atoms with E-state index in [1.807, 2.05) is 0 Å². The van der Waals surface area contributed by atoms with Crippen LogP contribution < -0.4 is 0 Å². The molecule has 19 heavy (non-hydrogen) atoms. The highest BCUT2D eigenvalue weighted by atomic mass is 14.9. The Kier molecular flexibility index (Phi) is 8.29. The van der Waals surface area contributed by atoms with Crippen molar-refractivity contribution in [3.05, 3.63) is 11.6 Å². The molecule has 0 fully saturated rings. The quantitative estimate of drug-likeness (QED) is 0.374. The van der Waals surface area contributed by atoms with Crippen molar-refractivity contribution in [1.82, 2.24) is 0 Å². The molecule has 0 saturated heterocycles. The first-order valence-corrected chi connectivity index (χ1v) is 7.98. The second kappa shape index (κ2) is 8.55. The number of allylic oxidation sites excluding steroid dienone is 1. The smallest absolute Gasteiger partial charge is 0.0613 e. The Labute approximate surface area is 121 Å². The number of hydrogen-bond donors (Lipinski definition) is 0. The summed E-state index contributed by atoms with van der Waals surface area (Å²) in [7, 11) is 0. The lowest BCUT2D eigenvalue weighted by Crippen LogP contribution is -2.29. The fourth-order valence-corrected chi connectivity index (χ4v) is 2.23. The molecule has 0 unspecified atom stereocenters. The van der Waals surface area contributed by atoms with E-state index in [0.717, 1.165) is 6.42 Å². The van der Waals surface area contributed by atoms with Crippen LogP contribution in [-0.4, -0.2) is 11.3 Å². The third-order valence-electron chi connectivity index (χ3n) is 4.14. The zero-order chi connectivity index (χ0) is 15.1. The van der Waals surface area contributed by atoms with Crippen molar-refractivity contribution >= 4 is 5.71 Å². The summed E-state index contributed by atoms with van der Waals surface area (Å²) in [5, 5.41) is 0. The molecule has 0 bridgehead atoms. The Morgan fingerprint density at radius 3 is 2.16 bits per heavy atom. The molecule has 1 heteroatoms. The molecule has 0 radical (unpaired) electrons. The number of aliphatic imine (C=N–C) groups is 1. The third kappa shape index (κ3) is 6.94. The van der Waals surface area contributed by atoms with Crippen molar-refractivity contribution in [1.29, 1.82) is 0 Å². The molecule has 1 nitrogen and oxygen atoms in total. The highest BCUT2D eigenvalue weighted by Gasteiger charge is 2.27. The first-order valence-electron chi connectivity index (χ1n) is 7.98. The zero-order valence-corrected chi connectivity index (χ0v) is 14.5. The van der Waals surface area contributed by atoms with Gasteiger partial charge in [-0.2, -0.15) is 0 Å². The van der Waals surface area contributed by atoms with Crippen LogP contribution in [0.25, 0.3) is 0 Å². The molecule has 1 atom stereocenters. The molecule has 0 N–H and O–H groups in total. The predicted molar refractivity (Wildman–Crippen MR) is 89.1 cm³/mol. The molecule has 0 saturated carbocycles. The van der Waals surface area contributed by atoms with Gasteiger partial charge in [-0.3, -0.25) is 4.99 Å². The number of hydrogen-bond acceptors (Lipinski definition) is 1. The van der Waals surface area contributed by atoms with E-state index in [9.17, 15) is 0 Å². The molecule has 0 aliphatic rings. The lowest BCUT2D eigenvalue weighted by molar-refractivity contribution is 0.353. The van der Waals surface area contributed by atoms with Crippen LogP contribution in [0.3, 0.4) is 0 Å². The van der Waals surface area contributed by atoms with Crippen LogP contribution in [-0.2, 0) is 0 Å². The van der Waals surface area contributed by atoms with E-state index in [4.69, 9.17) is 4.99 Å². The molecule has 0 aliphatic heterocycles. The van der Waals surface area contributed by atoms with Gasteiger partial charge in [0.2, 0.25) is 0 Å². The van der Waals surface area contributed by atoms with Gasteiger partial charge in [0, 0.05) is 11.6 Å². The molecule has 0 spiro atoms. The largest absolute Gasteiger partial charge is 0.288 e. The standard InChI is InChI=1S/C18H35N/c1-9-11-12-17(13-15(5)14(3)4)18(7,8)19-16(6)10-2/h13-14,17H,9-12H2,1-8H3/b15-13-,19-16-/t17-/m1/s1. The third-order valence-corrected chi connectivity index (χ3v) is 4.14. The van der Waals surface area contributed by atoms with Gasteiger partial charge < -0.3 is 0 Å². The topological polar surface area (TPSA) is 12.4 Å². The van der Waals surface area contributed by atoms with E-state index in [1.165, 1.54) is 30.5 Å². The van der Waals surface area contributed by atoms with E-state index in [-0.39, 0.29) is 5.54 Å². The Morgan fingerprint density at radius 1 is 1.16 bits per heavy atom. The maximum atomic E-state index is 4.97. The summed E-state index contributed by atoms with van der Waals surface area (Å²) in [6.07, 6.45) is 7.33. The van der Waals surface area contributed by atoms with Gasteiger partial charge in [-0.1, -0.05) is 52.2 Å². The molecular weight excluding hydrogens is 230 g/mol. The summed E-state index contributed by atoms with van der Waals surface area (Å²) < 4.78 is 0.